The highest BCUT2D eigenvalue weighted by molar-refractivity contribution is 6.83. The second kappa shape index (κ2) is 22.3. The van der Waals surface area contributed by atoms with E-state index in [0.717, 1.165) is 19.3 Å². The highest BCUT2D eigenvalue weighted by Crippen LogP contribution is 2.23. The molecule has 44 heavy (non-hydrogen) atoms. The number of unbranched alkanes of at least 4 members (excludes halogenated alkanes) is 12. The zero-order valence-electron chi connectivity index (χ0n) is 30.0. The fraction of sp³-hybridized carbons (Fsp3) is 0.628. The third-order valence-electron chi connectivity index (χ3n) is 8.63. The lowest BCUT2D eigenvalue weighted by atomic mass is 9.92. The quantitative estimate of drug-likeness (QED) is 0.0794. The van der Waals surface area contributed by atoms with Gasteiger partial charge in [0, 0.05) is 16.7 Å². The first-order valence-electron chi connectivity index (χ1n) is 18.6. The highest BCUT2D eigenvalue weighted by Gasteiger charge is 2.12. The summed E-state index contributed by atoms with van der Waals surface area (Å²) in [6.45, 7) is 16.2. The maximum atomic E-state index is 3.77. The van der Waals surface area contributed by atoms with Crippen molar-refractivity contribution in [3.63, 3.8) is 0 Å². The third kappa shape index (κ3) is 15.7. The van der Waals surface area contributed by atoms with Crippen molar-refractivity contribution in [1.82, 2.24) is 0 Å². The monoisotopic (exact) mass is 610 g/mol. The van der Waals surface area contributed by atoms with E-state index in [1.165, 1.54) is 148 Å². The van der Waals surface area contributed by atoms with Crippen molar-refractivity contribution >= 4 is 8.07 Å². The third-order valence-corrected chi connectivity index (χ3v) is 9.50. The maximum absolute atomic E-state index is 3.77. The molecule has 242 valence electrons. The van der Waals surface area contributed by atoms with Crippen LogP contribution in [0.2, 0.25) is 19.6 Å². The Balaban J connectivity index is 2.54. The van der Waals surface area contributed by atoms with Gasteiger partial charge in [-0.2, -0.15) is 0 Å². The van der Waals surface area contributed by atoms with E-state index in [4.69, 9.17) is 0 Å². The summed E-state index contributed by atoms with van der Waals surface area (Å²) in [5.41, 5.74) is 13.2. The molecule has 2 rings (SSSR count). The molecule has 1 heteroatoms. The van der Waals surface area contributed by atoms with Gasteiger partial charge in [0.05, 0.1) is 0 Å². The Hall–Kier alpha value is -2.22. The van der Waals surface area contributed by atoms with E-state index >= 15 is 0 Å². The second-order valence-corrected chi connectivity index (χ2v) is 18.9. The average molecular weight is 611 g/mol. The van der Waals surface area contributed by atoms with Gasteiger partial charge in [0.1, 0.15) is 8.07 Å². The summed E-state index contributed by atoms with van der Waals surface area (Å²) in [5.74, 6) is 11.2. The van der Waals surface area contributed by atoms with Crippen molar-refractivity contribution < 1.29 is 0 Å². The molecule has 0 bridgehead atoms. The summed E-state index contributed by atoms with van der Waals surface area (Å²) >= 11 is 0. The van der Waals surface area contributed by atoms with E-state index in [-0.39, 0.29) is 0 Å². The summed E-state index contributed by atoms with van der Waals surface area (Å²) in [5, 5.41) is 0. The van der Waals surface area contributed by atoms with Gasteiger partial charge < -0.3 is 0 Å². The van der Waals surface area contributed by atoms with Crippen molar-refractivity contribution in [1.29, 1.82) is 0 Å². The van der Waals surface area contributed by atoms with Crippen LogP contribution in [0.4, 0.5) is 0 Å². The first-order valence-corrected chi connectivity index (χ1v) is 22.1. The van der Waals surface area contributed by atoms with Crippen LogP contribution in [-0.4, -0.2) is 8.07 Å². The zero-order chi connectivity index (χ0) is 32.0. The molecule has 0 saturated heterocycles. The van der Waals surface area contributed by atoms with Gasteiger partial charge in [-0.3, -0.25) is 0 Å². The molecular weight excluding hydrogens is 545 g/mol. The molecule has 0 aromatic heterocycles. The summed E-state index contributed by atoms with van der Waals surface area (Å²) in [6.07, 6.45) is 25.1. The molecule has 0 unspecified atom stereocenters. The Labute approximate surface area is 275 Å². The summed E-state index contributed by atoms with van der Waals surface area (Å²) in [4.78, 5) is 0. The minimum absolute atomic E-state index is 1.10. The Morgan fingerprint density at radius 2 is 0.841 bits per heavy atom. The SMILES string of the molecule is CCCCCCc1ccc(CCCCCC)c(C#Cc2cc(CCCCCC)c(C#C[Si](C)(C)C)cc2CCCCCC)c1. The number of rotatable bonds is 20. The van der Waals surface area contributed by atoms with E-state index in [0.29, 0.717) is 0 Å². The van der Waals surface area contributed by atoms with E-state index in [1.807, 2.05) is 0 Å². The summed E-state index contributed by atoms with van der Waals surface area (Å²) in [7, 11) is -1.47. The molecule has 0 aliphatic heterocycles. The lowest BCUT2D eigenvalue weighted by molar-refractivity contribution is 0.662. The van der Waals surface area contributed by atoms with Crippen LogP contribution in [0.1, 0.15) is 169 Å². The van der Waals surface area contributed by atoms with E-state index in [2.05, 4.69) is 101 Å². The topological polar surface area (TPSA) is 0 Å². The summed E-state index contributed by atoms with van der Waals surface area (Å²) in [6, 6.07) is 12.1. The van der Waals surface area contributed by atoms with Crippen LogP contribution in [0, 0.1) is 23.3 Å². The number of benzene rings is 2. The Kier molecular flexibility index (Phi) is 19.2. The minimum atomic E-state index is -1.47. The molecule has 0 radical (unpaired) electrons. The smallest absolute Gasteiger partial charge is 0.127 e. The summed E-state index contributed by atoms with van der Waals surface area (Å²) < 4.78 is 0. The number of hydrogen-bond donors (Lipinski definition) is 0. The van der Waals surface area contributed by atoms with Crippen LogP contribution in [0.3, 0.4) is 0 Å². The molecule has 0 aliphatic rings. The molecule has 0 spiro atoms. The molecule has 0 N–H and O–H groups in total. The van der Waals surface area contributed by atoms with Crippen molar-refractivity contribution in [3.05, 3.63) is 69.3 Å². The predicted octanol–water partition coefficient (Wildman–Crippen LogP) is 12.8. The molecule has 0 atom stereocenters. The standard InChI is InChI=1S/C43H66Si/c1-8-12-16-20-24-37-28-29-38(25-21-17-13-9-2)41(34-37)30-31-42-35-40(27-23-19-15-11-4)43(32-33-44(5,6)7)36-39(42)26-22-18-14-10-3/h28-29,34-36H,8-27H2,1-7H3. The lowest BCUT2D eigenvalue weighted by Crippen LogP contribution is -2.16. The normalized spacial score (nSPS) is 11.2. The van der Waals surface area contributed by atoms with Crippen molar-refractivity contribution in [2.75, 3.05) is 0 Å². The number of aryl methyl sites for hydroxylation is 4. The van der Waals surface area contributed by atoms with Gasteiger partial charge in [-0.1, -0.05) is 154 Å². The molecule has 2 aromatic rings. The van der Waals surface area contributed by atoms with Crippen molar-refractivity contribution in [2.45, 2.75) is 176 Å². The molecule has 0 aliphatic carbocycles. The van der Waals surface area contributed by atoms with Gasteiger partial charge in [-0.25, -0.2) is 0 Å². The van der Waals surface area contributed by atoms with Gasteiger partial charge in [-0.05, 0) is 91.8 Å². The van der Waals surface area contributed by atoms with E-state index < -0.39 is 8.07 Å². The molecule has 0 amide bonds. The number of hydrogen-bond acceptors (Lipinski definition) is 0. The van der Waals surface area contributed by atoms with Gasteiger partial charge >= 0.3 is 0 Å². The van der Waals surface area contributed by atoms with Crippen molar-refractivity contribution in [3.8, 4) is 23.3 Å². The minimum Gasteiger partial charge on any atom is -0.127 e. The Morgan fingerprint density at radius 3 is 1.30 bits per heavy atom. The Morgan fingerprint density at radius 1 is 0.432 bits per heavy atom. The largest absolute Gasteiger partial charge is 0.129 e. The van der Waals surface area contributed by atoms with Gasteiger partial charge in [0.15, 0.2) is 0 Å². The fourth-order valence-corrected chi connectivity index (χ4v) is 6.33. The molecule has 0 nitrogen and oxygen atoms in total. The molecule has 2 aromatic carbocycles. The van der Waals surface area contributed by atoms with Gasteiger partial charge in [0.2, 0.25) is 0 Å². The van der Waals surface area contributed by atoms with Crippen LogP contribution in [0.5, 0.6) is 0 Å². The fourth-order valence-electron chi connectivity index (χ4n) is 5.82. The van der Waals surface area contributed by atoms with Gasteiger partial charge in [0.25, 0.3) is 0 Å². The molecular formula is C43H66Si. The lowest BCUT2D eigenvalue weighted by Gasteiger charge is -2.13. The van der Waals surface area contributed by atoms with Crippen LogP contribution in [-0.2, 0) is 25.7 Å². The molecule has 0 heterocycles. The van der Waals surface area contributed by atoms with Crippen LogP contribution >= 0.6 is 0 Å². The second-order valence-electron chi connectivity index (χ2n) is 14.2. The zero-order valence-corrected chi connectivity index (χ0v) is 31.0. The van der Waals surface area contributed by atoms with Crippen LogP contribution in [0.15, 0.2) is 30.3 Å². The van der Waals surface area contributed by atoms with Crippen LogP contribution < -0.4 is 0 Å². The van der Waals surface area contributed by atoms with Crippen LogP contribution in [0.25, 0.3) is 0 Å². The van der Waals surface area contributed by atoms with Crippen molar-refractivity contribution in [2.24, 2.45) is 0 Å². The average Bonchev–Trinajstić information content (AvgIpc) is 3.00. The first-order chi connectivity index (χ1) is 21.3. The van der Waals surface area contributed by atoms with E-state index in [9.17, 15) is 0 Å². The van der Waals surface area contributed by atoms with Gasteiger partial charge in [-0.15, -0.1) is 5.54 Å². The molecule has 0 saturated carbocycles. The highest BCUT2D eigenvalue weighted by atomic mass is 28.3. The maximum Gasteiger partial charge on any atom is 0.129 e. The van der Waals surface area contributed by atoms with E-state index in [1.54, 1.807) is 0 Å². The Bertz CT molecular complexity index is 1200. The molecule has 0 fully saturated rings. The predicted molar refractivity (Wildman–Crippen MR) is 200 cm³/mol. The first kappa shape index (κ1) is 38.0.